The molecule has 220 valence electrons. The number of rotatable bonds is 4. The number of allylic oxidation sites excluding steroid dienone is 1. The highest BCUT2D eigenvalue weighted by molar-refractivity contribution is 6.15. The summed E-state index contributed by atoms with van der Waals surface area (Å²) in [5, 5.41) is 13.9. The van der Waals surface area contributed by atoms with Crippen molar-refractivity contribution >= 4 is 39.3 Å². The van der Waals surface area contributed by atoms with Gasteiger partial charge in [0.25, 0.3) is 0 Å². The zero-order valence-electron chi connectivity index (χ0n) is 25.2. The molecule has 4 aromatic carbocycles. The van der Waals surface area contributed by atoms with Gasteiger partial charge in [0.2, 0.25) is 0 Å². The molecule has 6 heteroatoms. The predicted molar refractivity (Wildman–Crippen MR) is 189 cm³/mol. The maximum Gasteiger partial charge on any atom is 0.134 e. The minimum Gasteiger partial charge on any atom is -0.317 e. The average molecular weight is 603 g/mol. The smallest absolute Gasteiger partial charge is 0.134 e. The Morgan fingerprint density at radius 1 is 0.553 bits per heavy atom. The molecule has 2 aliphatic heterocycles. The third kappa shape index (κ3) is 4.33. The maximum atomic E-state index is 10.1. The maximum absolute atomic E-state index is 10.1. The molecule has 2 unspecified atom stereocenters. The van der Waals surface area contributed by atoms with Crippen LogP contribution in [0, 0.1) is 11.3 Å². The van der Waals surface area contributed by atoms with Crippen molar-refractivity contribution < 1.29 is 0 Å². The molecule has 0 aliphatic carbocycles. The Morgan fingerprint density at radius 2 is 1.11 bits per heavy atom. The number of fused-ring (bicyclic) bond motifs is 5. The number of anilines is 2. The van der Waals surface area contributed by atoms with E-state index in [0.29, 0.717) is 5.56 Å². The molecule has 0 spiro atoms. The third-order valence-electron chi connectivity index (χ3n) is 9.08. The quantitative estimate of drug-likeness (QED) is 0.188. The van der Waals surface area contributed by atoms with Crippen LogP contribution in [0.5, 0.6) is 0 Å². The van der Waals surface area contributed by atoms with Crippen LogP contribution in [-0.2, 0) is 0 Å². The van der Waals surface area contributed by atoms with Crippen molar-refractivity contribution in [3.05, 3.63) is 151 Å². The minimum absolute atomic E-state index is 0.0480. The van der Waals surface area contributed by atoms with Crippen LogP contribution in [0.15, 0.2) is 145 Å². The Bertz CT molecular complexity index is 2420. The molecule has 2 atom stereocenters. The van der Waals surface area contributed by atoms with Gasteiger partial charge in [0, 0.05) is 33.8 Å². The van der Waals surface area contributed by atoms with Crippen LogP contribution in [-0.4, -0.2) is 27.2 Å². The van der Waals surface area contributed by atoms with E-state index >= 15 is 0 Å². The van der Waals surface area contributed by atoms with Crippen LogP contribution in [0.4, 0.5) is 11.5 Å². The van der Waals surface area contributed by atoms with E-state index in [1.165, 1.54) is 5.56 Å². The summed E-state index contributed by atoms with van der Waals surface area (Å²) in [4.78, 5) is 22.4. The first-order chi connectivity index (χ1) is 23.3. The largest absolute Gasteiger partial charge is 0.317 e. The van der Waals surface area contributed by atoms with Crippen molar-refractivity contribution in [1.82, 2.24) is 15.0 Å². The van der Waals surface area contributed by atoms with Gasteiger partial charge in [0.15, 0.2) is 0 Å². The lowest BCUT2D eigenvalue weighted by atomic mass is 9.90. The number of dihydropyridines is 1. The van der Waals surface area contributed by atoms with Gasteiger partial charge in [-0.25, -0.2) is 15.0 Å². The van der Waals surface area contributed by atoms with Gasteiger partial charge in [-0.15, -0.1) is 0 Å². The van der Waals surface area contributed by atoms with Gasteiger partial charge in [-0.1, -0.05) is 91.0 Å². The molecule has 0 amide bonds. The van der Waals surface area contributed by atoms with Gasteiger partial charge in [-0.05, 0) is 59.3 Å². The zero-order valence-corrected chi connectivity index (χ0v) is 25.2. The number of aliphatic imine (C=N–C) groups is 1. The van der Waals surface area contributed by atoms with Crippen molar-refractivity contribution in [2.24, 2.45) is 4.99 Å². The highest BCUT2D eigenvalue weighted by Crippen LogP contribution is 2.47. The van der Waals surface area contributed by atoms with E-state index in [1.807, 2.05) is 97.2 Å². The van der Waals surface area contributed by atoms with Gasteiger partial charge in [0.1, 0.15) is 17.9 Å². The van der Waals surface area contributed by atoms with Gasteiger partial charge in [0.05, 0.1) is 40.1 Å². The molecule has 6 nitrogen and oxygen atoms in total. The van der Waals surface area contributed by atoms with E-state index in [0.717, 1.165) is 67.1 Å². The second-order valence-corrected chi connectivity index (χ2v) is 11.7. The van der Waals surface area contributed by atoms with Crippen LogP contribution in [0.25, 0.3) is 55.6 Å². The van der Waals surface area contributed by atoms with E-state index in [1.54, 1.807) is 0 Å². The molecule has 7 aromatic rings. The van der Waals surface area contributed by atoms with Crippen molar-refractivity contribution in [3.8, 4) is 40.1 Å². The lowest BCUT2D eigenvalue weighted by molar-refractivity contribution is 0.663. The highest BCUT2D eigenvalue weighted by Gasteiger charge is 2.38. The van der Waals surface area contributed by atoms with E-state index in [4.69, 9.17) is 19.9 Å². The van der Waals surface area contributed by atoms with Crippen molar-refractivity contribution in [1.29, 1.82) is 5.26 Å². The van der Waals surface area contributed by atoms with Gasteiger partial charge < -0.3 is 4.90 Å². The molecule has 0 saturated carbocycles. The number of benzene rings is 4. The standard InChI is InChI=1S/C41H26N6/c42-25-31-26-11-1-3-13-28(26)40(29-14-4-2-12-27(29)31)36-20-8-18-33(45-36)32-16-7-17-34(44-32)35-19-9-23-39(46-35)47-37-21-6-5-15-30(37)41-38(47)22-10-24-43-41/h1-24,38,41H. The molecule has 0 bridgehead atoms. The Balaban J connectivity index is 1.13. The molecule has 2 aliphatic rings. The Labute approximate surface area is 271 Å². The fourth-order valence-corrected chi connectivity index (χ4v) is 7.05. The van der Waals surface area contributed by atoms with E-state index in [9.17, 15) is 5.26 Å². The summed E-state index contributed by atoms with van der Waals surface area (Å²) >= 11 is 0. The summed E-state index contributed by atoms with van der Waals surface area (Å²) < 4.78 is 0. The summed E-state index contributed by atoms with van der Waals surface area (Å²) in [7, 11) is 0. The fraction of sp³-hybridized carbons (Fsp3) is 0.0488. The summed E-state index contributed by atoms with van der Waals surface area (Å²) in [6, 6.07) is 45.3. The topological polar surface area (TPSA) is 78.1 Å². The molecule has 5 heterocycles. The number of hydrogen-bond donors (Lipinski definition) is 0. The lowest BCUT2D eigenvalue weighted by Crippen LogP contribution is -2.29. The van der Waals surface area contributed by atoms with Crippen LogP contribution >= 0.6 is 0 Å². The van der Waals surface area contributed by atoms with Crippen molar-refractivity contribution in [2.75, 3.05) is 4.90 Å². The third-order valence-corrected chi connectivity index (χ3v) is 9.08. The first kappa shape index (κ1) is 26.9. The number of nitriles is 1. The normalized spacial score (nSPS) is 16.3. The van der Waals surface area contributed by atoms with E-state index in [2.05, 4.69) is 59.5 Å². The van der Waals surface area contributed by atoms with Crippen LogP contribution in [0.2, 0.25) is 0 Å². The molecule has 0 radical (unpaired) electrons. The monoisotopic (exact) mass is 602 g/mol. The molecule has 0 fully saturated rings. The second-order valence-electron chi connectivity index (χ2n) is 11.7. The Hall–Kier alpha value is -6.45. The van der Waals surface area contributed by atoms with Gasteiger partial charge >= 0.3 is 0 Å². The van der Waals surface area contributed by atoms with Crippen LogP contribution in [0.3, 0.4) is 0 Å². The molecule has 0 saturated heterocycles. The molecular formula is C41H26N6. The van der Waals surface area contributed by atoms with Crippen LogP contribution in [0.1, 0.15) is 17.2 Å². The number of para-hydroxylation sites is 1. The van der Waals surface area contributed by atoms with Gasteiger partial charge in [-0.3, -0.25) is 4.99 Å². The highest BCUT2D eigenvalue weighted by atomic mass is 15.3. The minimum atomic E-state index is 0.0480. The molecule has 9 rings (SSSR count). The number of aromatic nitrogens is 3. The van der Waals surface area contributed by atoms with Crippen LogP contribution < -0.4 is 4.90 Å². The molecule has 47 heavy (non-hydrogen) atoms. The Morgan fingerprint density at radius 3 is 1.79 bits per heavy atom. The van der Waals surface area contributed by atoms with Crippen molar-refractivity contribution in [3.63, 3.8) is 0 Å². The fourth-order valence-electron chi connectivity index (χ4n) is 7.05. The zero-order chi connectivity index (χ0) is 31.3. The molecular weight excluding hydrogens is 576 g/mol. The predicted octanol–water partition coefficient (Wildman–Crippen LogP) is 9.25. The lowest BCUT2D eigenvalue weighted by Gasteiger charge is -2.27. The van der Waals surface area contributed by atoms with Gasteiger partial charge in [-0.2, -0.15) is 5.26 Å². The molecule has 3 aromatic heterocycles. The average Bonchev–Trinajstić information content (AvgIpc) is 3.48. The van der Waals surface area contributed by atoms with E-state index < -0.39 is 0 Å². The first-order valence-electron chi connectivity index (χ1n) is 15.6. The summed E-state index contributed by atoms with van der Waals surface area (Å²) in [5.74, 6) is 0.857. The number of nitrogens with zero attached hydrogens (tertiary/aromatic N) is 6. The first-order valence-corrected chi connectivity index (χ1v) is 15.6. The number of pyridine rings is 3. The molecule has 0 N–H and O–H groups in total. The SMILES string of the molecule is N#Cc1c2ccccc2c(-c2cccc(-c3cccc(-c4cccc(N5c6ccccc6C6N=CC=CC65)n4)n3)n2)c2ccccc12. The summed E-state index contributed by atoms with van der Waals surface area (Å²) in [5.41, 5.74) is 7.93. The second kappa shape index (κ2) is 10.9. The Kier molecular flexibility index (Phi) is 6.22. The summed E-state index contributed by atoms with van der Waals surface area (Å²) in [6.45, 7) is 0. The van der Waals surface area contributed by atoms with Crippen molar-refractivity contribution in [2.45, 2.75) is 12.1 Å². The number of hydrogen-bond acceptors (Lipinski definition) is 6. The van der Waals surface area contributed by atoms with E-state index in [-0.39, 0.29) is 12.1 Å². The summed E-state index contributed by atoms with van der Waals surface area (Å²) in [6.07, 6.45) is 6.10.